The van der Waals surface area contributed by atoms with E-state index >= 15 is 0 Å². The fourth-order valence-electron chi connectivity index (χ4n) is 1.97. The van der Waals surface area contributed by atoms with Crippen molar-refractivity contribution in [1.29, 1.82) is 0 Å². The third-order valence-electron chi connectivity index (χ3n) is 3.46. The highest BCUT2D eigenvalue weighted by Gasteiger charge is 2.28. The van der Waals surface area contributed by atoms with Gasteiger partial charge in [0.1, 0.15) is 5.02 Å². The number of nitrogens with one attached hydrogen (secondary N) is 1. The molecule has 1 unspecified atom stereocenters. The molecule has 2 rings (SSSR count). The Bertz CT molecular complexity index is 484. The SMILES string of the molecule is CCCCn1ncc(NCC(N)C2CC2)c(Cl)c1=O. The van der Waals surface area contributed by atoms with Gasteiger partial charge in [-0.1, -0.05) is 24.9 Å². The summed E-state index contributed by atoms with van der Waals surface area (Å²) in [6.07, 6.45) is 5.95. The van der Waals surface area contributed by atoms with E-state index in [4.69, 9.17) is 17.3 Å². The Morgan fingerprint density at radius 3 is 3.00 bits per heavy atom. The van der Waals surface area contributed by atoms with E-state index in [2.05, 4.69) is 17.3 Å². The van der Waals surface area contributed by atoms with Gasteiger partial charge >= 0.3 is 0 Å². The quantitative estimate of drug-likeness (QED) is 0.801. The molecule has 1 heterocycles. The molecule has 3 N–H and O–H groups in total. The van der Waals surface area contributed by atoms with Crippen molar-refractivity contribution < 1.29 is 0 Å². The van der Waals surface area contributed by atoms with E-state index in [1.165, 1.54) is 17.5 Å². The van der Waals surface area contributed by atoms with E-state index in [9.17, 15) is 4.79 Å². The van der Waals surface area contributed by atoms with Crippen molar-refractivity contribution in [3.8, 4) is 0 Å². The molecular formula is C13H21ClN4O. The number of aromatic nitrogens is 2. The van der Waals surface area contributed by atoms with E-state index in [-0.39, 0.29) is 16.6 Å². The maximum absolute atomic E-state index is 12.0. The number of rotatable bonds is 7. The molecule has 1 aliphatic rings. The number of hydrogen-bond donors (Lipinski definition) is 2. The lowest BCUT2D eigenvalue weighted by molar-refractivity contribution is 0.543. The molecule has 6 heteroatoms. The molecule has 1 atom stereocenters. The van der Waals surface area contributed by atoms with Crippen LogP contribution in [0.1, 0.15) is 32.6 Å². The number of halogens is 1. The van der Waals surface area contributed by atoms with Crippen molar-refractivity contribution >= 4 is 17.3 Å². The first-order valence-corrected chi connectivity index (χ1v) is 7.26. The third-order valence-corrected chi connectivity index (χ3v) is 3.83. The number of unbranched alkanes of at least 4 members (excludes halogenated alkanes) is 1. The van der Waals surface area contributed by atoms with Crippen LogP contribution >= 0.6 is 11.6 Å². The molecule has 1 saturated carbocycles. The van der Waals surface area contributed by atoms with Crippen molar-refractivity contribution in [3.63, 3.8) is 0 Å². The maximum Gasteiger partial charge on any atom is 0.287 e. The zero-order valence-electron chi connectivity index (χ0n) is 11.2. The van der Waals surface area contributed by atoms with Crippen LogP contribution in [0.5, 0.6) is 0 Å². The molecule has 0 radical (unpaired) electrons. The van der Waals surface area contributed by atoms with Gasteiger partial charge in [0.05, 0.1) is 11.9 Å². The molecule has 1 aromatic rings. The fraction of sp³-hybridized carbons (Fsp3) is 0.692. The van der Waals surface area contributed by atoms with Gasteiger partial charge in [0.2, 0.25) is 0 Å². The van der Waals surface area contributed by atoms with E-state index < -0.39 is 0 Å². The molecule has 0 bridgehead atoms. The van der Waals surface area contributed by atoms with Gasteiger partial charge in [0.25, 0.3) is 5.56 Å². The van der Waals surface area contributed by atoms with Gasteiger partial charge in [0, 0.05) is 19.1 Å². The Labute approximate surface area is 118 Å². The average Bonchev–Trinajstić information content (AvgIpc) is 3.23. The first kappa shape index (κ1) is 14.3. The number of hydrogen-bond acceptors (Lipinski definition) is 4. The van der Waals surface area contributed by atoms with Crippen molar-refractivity contribution in [3.05, 3.63) is 21.6 Å². The Morgan fingerprint density at radius 1 is 1.63 bits per heavy atom. The molecule has 1 aliphatic carbocycles. The van der Waals surface area contributed by atoms with Crippen molar-refractivity contribution in [2.75, 3.05) is 11.9 Å². The standard InChI is InChI=1S/C13H21ClN4O/c1-2-3-6-18-13(19)12(14)11(8-17-18)16-7-10(15)9-4-5-9/h8-10,16H,2-7,15H2,1H3. The molecule has 1 aromatic heterocycles. The molecule has 0 aliphatic heterocycles. The molecule has 0 spiro atoms. The van der Waals surface area contributed by atoms with Crippen LogP contribution in [0.2, 0.25) is 5.02 Å². The second kappa shape index (κ2) is 6.39. The minimum absolute atomic E-state index is 0.124. The number of anilines is 1. The highest BCUT2D eigenvalue weighted by atomic mass is 35.5. The van der Waals surface area contributed by atoms with Gasteiger partial charge in [-0.2, -0.15) is 5.10 Å². The van der Waals surface area contributed by atoms with Gasteiger partial charge in [-0.05, 0) is 25.2 Å². The minimum atomic E-state index is -0.236. The second-order valence-corrected chi connectivity index (χ2v) is 5.51. The predicted molar refractivity (Wildman–Crippen MR) is 77.6 cm³/mol. The van der Waals surface area contributed by atoms with Crippen LogP contribution in [0.3, 0.4) is 0 Å². The Kier molecular flexibility index (Phi) is 4.82. The average molecular weight is 285 g/mol. The first-order chi connectivity index (χ1) is 9.13. The predicted octanol–water partition coefficient (Wildman–Crippen LogP) is 1.85. The van der Waals surface area contributed by atoms with Crippen LogP contribution in [0, 0.1) is 5.92 Å². The number of nitrogens with two attached hydrogens (primary N) is 1. The monoisotopic (exact) mass is 284 g/mol. The summed E-state index contributed by atoms with van der Waals surface area (Å²) in [7, 11) is 0. The Morgan fingerprint density at radius 2 is 2.37 bits per heavy atom. The van der Waals surface area contributed by atoms with E-state index in [1.54, 1.807) is 6.20 Å². The van der Waals surface area contributed by atoms with Crippen LogP contribution < -0.4 is 16.6 Å². The van der Waals surface area contributed by atoms with E-state index in [0.29, 0.717) is 24.7 Å². The van der Waals surface area contributed by atoms with Gasteiger partial charge in [-0.3, -0.25) is 4.79 Å². The summed E-state index contributed by atoms with van der Waals surface area (Å²) < 4.78 is 1.41. The normalized spacial score (nSPS) is 16.4. The highest BCUT2D eigenvalue weighted by molar-refractivity contribution is 6.32. The maximum atomic E-state index is 12.0. The second-order valence-electron chi connectivity index (χ2n) is 5.14. The van der Waals surface area contributed by atoms with Crippen LogP contribution in [-0.2, 0) is 6.54 Å². The molecule has 5 nitrogen and oxygen atoms in total. The molecule has 106 valence electrons. The Hall–Kier alpha value is -1.07. The van der Waals surface area contributed by atoms with Crippen molar-refractivity contribution in [1.82, 2.24) is 9.78 Å². The summed E-state index contributed by atoms with van der Waals surface area (Å²) in [4.78, 5) is 12.0. The molecular weight excluding hydrogens is 264 g/mol. The zero-order chi connectivity index (χ0) is 13.8. The van der Waals surface area contributed by atoms with Crippen molar-refractivity contribution in [2.45, 2.75) is 45.2 Å². The molecule has 1 fully saturated rings. The van der Waals surface area contributed by atoms with Gasteiger partial charge in [-0.15, -0.1) is 0 Å². The van der Waals surface area contributed by atoms with Crippen LogP contribution in [-0.4, -0.2) is 22.4 Å². The van der Waals surface area contributed by atoms with Gasteiger partial charge < -0.3 is 11.1 Å². The molecule has 0 aromatic carbocycles. The molecule has 0 amide bonds. The fourth-order valence-corrected chi connectivity index (χ4v) is 2.19. The summed E-state index contributed by atoms with van der Waals surface area (Å²) in [6, 6.07) is 0.124. The summed E-state index contributed by atoms with van der Waals surface area (Å²) in [5, 5.41) is 7.46. The van der Waals surface area contributed by atoms with Crippen molar-refractivity contribution in [2.24, 2.45) is 11.7 Å². The summed E-state index contributed by atoms with van der Waals surface area (Å²) >= 11 is 6.08. The Balaban J connectivity index is 2.00. The molecule has 0 saturated heterocycles. The van der Waals surface area contributed by atoms with Crippen LogP contribution in [0.25, 0.3) is 0 Å². The molecule has 19 heavy (non-hydrogen) atoms. The van der Waals surface area contributed by atoms with E-state index in [0.717, 1.165) is 12.8 Å². The third kappa shape index (κ3) is 3.70. The lowest BCUT2D eigenvalue weighted by Gasteiger charge is -2.14. The summed E-state index contributed by atoms with van der Waals surface area (Å²) in [5.41, 5.74) is 6.34. The van der Waals surface area contributed by atoms with Gasteiger partial charge in [0.15, 0.2) is 0 Å². The zero-order valence-corrected chi connectivity index (χ0v) is 12.0. The largest absolute Gasteiger partial charge is 0.381 e. The summed E-state index contributed by atoms with van der Waals surface area (Å²) in [6.45, 7) is 3.31. The topological polar surface area (TPSA) is 72.9 Å². The first-order valence-electron chi connectivity index (χ1n) is 6.88. The number of aryl methyl sites for hydroxylation is 1. The summed E-state index contributed by atoms with van der Waals surface area (Å²) in [5.74, 6) is 0.615. The lowest BCUT2D eigenvalue weighted by Crippen LogP contribution is -2.32. The van der Waals surface area contributed by atoms with Crippen LogP contribution in [0.4, 0.5) is 5.69 Å². The van der Waals surface area contributed by atoms with E-state index in [1.807, 2.05) is 0 Å². The lowest BCUT2D eigenvalue weighted by atomic mass is 10.2. The number of nitrogens with zero attached hydrogens (tertiary/aromatic N) is 2. The van der Waals surface area contributed by atoms with Crippen LogP contribution in [0.15, 0.2) is 11.0 Å². The minimum Gasteiger partial charge on any atom is -0.381 e. The smallest absolute Gasteiger partial charge is 0.287 e. The van der Waals surface area contributed by atoms with Gasteiger partial charge in [-0.25, -0.2) is 4.68 Å². The highest BCUT2D eigenvalue weighted by Crippen LogP contribution is 2.31.